The average Bonchev–Trinajstić information content (AvgIpc) is 3.38. The second kappa shape index (κ2) is 6.23. The molecule has 4 N–H and O–H groups in total. The maximum atomic E-state index is 12.5. The summed E-state index contributed by atoms with van der Waals surface area (Å²) >= 11 is 0. The highest BCUT2D eigenvalue weighted by atomic mass is 16.3. The van der Waals surface area contributed by atoms with Gasteiger partial charge >= 0.3 is 0 Å². The van der Waals surface area contributed by atoms with Crippen LogP contribution in [0.5, 0.6) is 0 Å². The van der Waals surface area contributed by atoms with E-state index in [-0.39, 0.29) is 12.5 Å². The van der Waals surface area contributed by atoms with Crippen molar-refractivity contribution in [3.8, 4) is 0 Å². The summed E-state index contributed by atoms with van der Waals surface area (Å²) in [6, 6.07) is 10.4. The smallest absolute Gasteiger partial charge is 0.256 e. The Balaban J connectivity index is 1.57. The lowest BCUT2D eigenvalue weighted by atomic mass is 9.96. The summed E-state index contributed by atoms with van der Waals surface area (Å²) < 4.78 is 0. The molecule has 0 bridgehead atoms. The Bertz CT molecular complexity index is 956. The van der Waals surface area contributed by atoms with Crippen LogP contribution in [0.15, 0.2) is 42.6 Å². The van der Waals surface area contributed by atoms with Gasteiger partial charge in [0.25, 0.3) is 5.91 Å². The SMILES string of the molecule is C[C@](O)(CO)c1ccc(C(=O)Nc2cc3[nH]ccc3c(C3CC3)n2)cc1. The molecule has 4 rings (SSSR count). The van der Waals surface area contributed by atoms with Crippen LogP contribution in [0.4, 0.5) is 5.82 Å². The van der Waals surface area contributed by atoms with Gasteiger partial charge in [0.2, 0.25) is 0 Å². The maximum absolute atomic E-state index is 12.5. The molecule has 1 aliphatic carbocycles. The summed E-state index contributed by atoms with van der Waals surface area (Å²) in [5, 5.41) is 23.3. The van der Waals surface area contributed by atoms with Gasteiger partial charge in [-0.1, -0.05) is 12.1 Å². The maximum Gasteiger partial charge on any atom is 0.256 e. The largest absolute Gasteiger partial charge is 0.393 e. The first-order chi connectivity index (χ1) is 12.5. The second-order valence-corrected chi connectivity index (χ2v) is 7.07. The number of aliphatic hydroxyl groups excluding tert-OH is 1. The molecule has 0 spiro atoms. The molecule has 0 saturated heterocycles. The van der Waals surface area contributed by atoms with Crippen molar-refractivity contribution in [2.24, 2.45) is 0 Å². The van der Waals surface area contributed by atoms with Crippen LogP contribution < -0.4 is 5.32 Å². The zero-order valence-electron chi connectivity index (χ0n) is 14.5. The van der Waals surface area contributed by atoms with Crippen molar-refractivity contribution in [1.29, 1.82) is 0 Å². The zero-order valence-corrected chi connectivity index (χ0v) is 14.5. The van der Waals surface area contributed by atoms with Crippen molar-refractivity contribution < 1.29 is 15.0 Å². The Labute approximate surface area is 150 Å². The first kappa shape index (κ1) is 16.8. The number of fused-ring (bicyclic) bond motifs is 1. The van der Waals surface area contributed by atoms with E-state index in [1.165, 1.54) is 6.92 Å². The van der Waals surface area contributed by atoms with Crippen LogP contribution >= 0.6 is 0 Å². The number of hydrogen-bond donors (Lipinski definition) is 4. The molecule has 134 valence electrons. The normalized spacial score (nSPS) is 16.4. The number of nitrogens with zero attached hydrogens (tertiary/aromatic N) is 1. The van der Waals surface area contributed by atoms with E-state index in [0.717, 1.165) is 29.4 Å². The molecule has 3 aromatic rings. The minimum atomic E-state index is -1.33. The number of carbonyl (C=O) groups excluding carboxylic acids is 1. The van der Waals surface area contributed by atoms with E-state index in [4.69, 9.17) is 0 Å². The fourth-order valence-electron chi connectivity index (χ4n) is 3.08. The summed E-state index contributed by atoms with van der Waals surface area (Å²) in [5.41, 5.74) is 1.69. The van der Waals surface area contributed by atoms with E-state index in [0.29, 0.717) is 22.9 Å². The van der Waals surface area contributed by atoms with Gasteiger partial charge in [0.15, 0.2) is 0 Å². The fourth-order valence-corrected chi connectivity index (χ4v) is 3.08. The van der Waals surface area contributed by atoms with Crippen LogP contribution in [0.1, 0.15) is 47.3 Å². The third kappa shape index (κ3) is 3.09. The van der Waals surface area contributed by atoms with Gasteiger partial charge in [-0.15, -0.1) is 0 Å². The van der Waals surface area contributed by atoms with Gasteiger partial charge in [0.05, 0.1) is 17.8 Å². The van der Waals surface area contributed by atoms with Gasteiger partial charge in [0.1, 0.15) is 11.4 Å². The highest BCUT2D eigenvalue weighted by Crippen LogP contribution is 2.42. The van der Waals surface area contributed by atoms with E-state index < -0.39 is 5.60 Å². The molecule has 1 aromatic carbocycles. The van der Waals surface area contributed by atoms with Gasteiger partial charge in [-0.25, -0.2) is 4.98 Å². The highest BCUT2D eigenvalue weighted by Gasteiger charge is 2.28. The third-order valence-electron chi connectivity index (χ3n) is 4.86. The number of benzene rings is 1. The Kier molecular flexibility index (Phi) is 4.01. The number of amides is 1. The number of H-pyrrole nitrogens is 1. The standard InChI is InChI=1S/C20H21N3O3/c1-20(26,11-24)14-6-4-13(5-7-14)19(25)23-17-10-16-15(8-9-21-16)18(22-17)12-2-3-12/h4-10,12,21,24,26H,2-3,11H2,1H3,(H,22,23,25)/t20-/m0/s1. The predicted molar refractivity (Wildman–Crippen MR) is 99.1 cm³/mol. The lowest BCUT2D eigenvalue weighted by Gasteiger charge is -2.20. The number of pyridine rings is 1. The predicted octanol–water partition coefficient (Wildman–Crippen LogP) is 2.89. The van der Waals surface area contributed by atoms with Crippen molar-refractivity contribution in [2.75, 3.05) is 11.9 Å². The molecule has 1 saturated carbocycles. The van der Waals surface area contributed by atoms with E-state index in [1.54, 1.807) is 24.3 Å². The topological polar surface area (TPSA) is 98.2 Å². The van der Waals surface area contributed by atoms with Crippen LogP contribution in [0, 0.1) is 0 Å². The molecule has 6 heteroatoms. The number of aromatic amines is 1. The van der Waals surface area contributed by atoms with E-state index in [9.17, 15) is 15.0 Å². The van der Waals surface area contributed by atoms with E-state index >= 15 is 0 Å². The van der Waals surface area contributed by atoms with Crippen LogP contribution in [-0.4, -0.2) is 32.7 Å². The van der Waals surface area contributed by atoms with Crippen LogP contribution in [0.2, 0.25) is 0 Å². The Morgan fingerprint density at radius 3 is 2.69 bits per heavy atom. The minimum absolute atomic E-state index is 0.264. The minimum Gasteiger partial charge on any atom is -0.393 e. The zero-order chi connectivity index (χ0) is 18.3. The molecule has 1 atom stereocenters. The number of nitrogens with one attached hydrogen (secondary N) is 2. The van der Waals surface area contributed by atoms with Crippen molar-refractivity contribution in [2.45, 2.75) is 31.3 Å². The Morgan fingerprint density at radius 2 is 2.04 bits per heavy atom. The van der Waals surface area contributed by atoms with Crippen LogP contribution in [0.25, 0.3) is 10.9 Å². The molecular weight excluding hydrogens is 330 g/mol. The average molecular weight is 351 g/mol. The Morgan fingerprint density at radius 1 is 1.31 bits per heavy atom. The van der Waals surface area contributed by atoms with Crippen molar-refractivity contribution >= 4 is 22.6 Å². The fraction of sp³-hybridized carbons (Fsp3) is 0.300. The van der Waals surface area contributed by atoms with Gasteiger partial charge in [0, 0.05) is 29.1 Å². The first-order valence-electron chi connectivity index (χ1n) is 8.71. The highest BCUT2D eigenvalue weighted by molar-refractivity contribution is 6.04. The molecule has 2 aromatic heterocycles. The number of rotatable bonds is 5. The first-order valence-corrected chi connectivity index (χ1v) is 8.71. The van der Waals surface area contributed by atoms with Crippen molar-refractivity contribution in [3.05, 3.63) is 59.4 Å². The summed E-state index contributed by atoms with van der Waals surface area (Å²) in [5.74, 6) is 0.740. The third-order valence-corrected chi connectivity index (χ3v) is 4.86. The molecule has 0 aliphatic heterocycles. The second-order valence-electron chi connectivity index (χ2n) is 7.07. The van der Waals surface area contributed by atoms with Gasteiger partial charge < -0.3 is 20.5 Å². The van der Waals surface area contributed by atoms with Crippen LogP contribution in [-0.2, 0) is 5.60 Å². The lowest BCUT2D eigenvalue weighted by molar-refractivity contribution is -0.00229. The van der Waals surface area contributed by atoms with E-state index in [2.05, 4.69) is 15.3 Å². The van der Waals surface area contributed by atoms with Gasteiger partial charge in [-0.3, -0.25) is 4.79 Å². The van der Waals surface area contributed by atoms with Gasteiger partial charge in [-0.05, 0) is 43.5 Å². The summed E-state index contributed by atoms with van der Waals surface area (Å²) in [6.45, 7) is 1.14. The van der Waals surface area contributed by atoms with E-state index in [1.807, 2.05) is 18.3 Å². The van der Waals surface area contributed by atoms with Crippen molar-refractivity contribution in [1.82, 2.24) is 9.97 Å². The molecule has 1 fully saturated rings. The molecule has 0 unspecified atom stereocenters. The molecule has 1 amide bonds. The summed E-state index contributed by atoms with van der Waals surface area (Å²) in [6.07, 6.45) is 4.16. The Hall–Kier alpha value is -2.70. The molecule has 2 heterocycles. The number of anilines is 1. The molecular formula is C20H21N3O3. The summed E-state index contributed by atoms with van der Waals surface area (Å²) in [4.78, 5) is 20.4. The van der Waals surface area contributed by atoms with Crippen LogP contribution in [0.3, 0.4) is 0 Å². The molecule has 26 heavy (non-hydrogen) atoms. The number of carbonyl (C=O) groups is 1. The molecule has 1 aliphatic rings. The monoisotopic (exact) mass is 351 g/mol. The van der Waals surface area contributed by atoms with Crippen molar-refractivity contribution in [3.63, 3.8) is 0 Å². The lowest BCUT2D eigenvalue weighted by Crippen LogP contribution is -2.25. The number of aliphatic hydroxyl groups is 2. The molecule has 0 radical (unpaired) electrons. The number of hydrogen-bond acceptors (Lipinski definition) is 4. The molecule has 6 nitrogen and oxygen atoms in total. The number of aromatic nitrogens is 2. The quantitative estimate of drug-likeness (QED) is 0.568. The van der Waals surface area contributed by atoms with Gasteiger partial charge in [-0.2, -0.15) is 0 Å². The summed E-state index contributed by atoms with van der Waals surface area (Å²) in [7, 11) is 0.